The van der Waals surface area contributed by atoms with E-state index >= 15 is 0 Å². The molecule has 0 saturated heterocycles. The van der Waals surface area contributed by atoms with Crippen molar-refractivity contribution in [2.45, 2.75) is 26.7 Å². The van der Waals surface area contributed by atoms with Gasteiger partial charge in [0, 0.05) is 18.3 Å². The van der Waals surface area contributed by atoms with Crippen molar-refractivity contribution in [1.29, 1.82) is 0 Å². The van der Waals surface area contributed by atoms with Crippen LogP contribution in [-0.4, -0.2) is 19.6 Å². The van der Waals surface area contributed by atoms with Crippen LogP contribution in [0.5, 0.6) is 5.75 Å². The number of halogens is 1. The number of ether oxygens (including phenoxy) is 1. The van der Waals surface area contributed by atoms with Gasteiger partial charge >= 0.3 is 0 Å². The molecule has 1 rings (SSSR count). The Morgan fingerprint density at radius 3 is 2.47 bits per heavy atom. The fraction of sp³-hybridized carbons (Fsp3) is 0.500. The molecule has 0 aliphatic rings. The van der Waals surface area contributed by atoms with Crippen LogP contribution in [0.1, 0.15) is 26.7 Å². The Balaban J connectivity index is 2.90. The van der Waals surface area contributed by atoms with Crippen molar-refractivity contribution in [2.75, 3.05) is 19.0 Å². The molecule has 0 aromatic heterocycles. The lowest BCUT2D eigenvalue weighted by atomic mass is 9.81. The largest absolute Gasteiger partial charge is 0.494 e. The molecule has 1 aromatic carbocycles. The molecule has 0 bridgehead atoms. The van der Waals surface area contributed by atoms with Crippen LogP contribution in [0.15, 0.2) is 18.2 Å². The van der Waals surface area contributed by atoms with Crippen LogP contribution in [0.2, 0.25) is 0 Å². The van der Waals surface area contributed by atoms with Crippen LogP contribution in [-0.2, 0) is 4.79 Å². The highest BCUT2D eigenvalue weighted by molar-refractivity contribution is 5.95. The zero-order chi connectivity index (χ0) is 14.5. The molecule has 106 valence electrons. The Bertz CT molecular complexity index is 437. The average Bonchev–Trinajstić information content (AvgIpc) is 2.41. The number of nitrogens with two attached hydrogens (primary N) is 1. The third-order valence-electron chi connectivity index (χ3n) is 3.64. The number of hydrogen-bond donors (Lipinski definition) is 2. The number of carbonyl (C=O) groups excluding carboxylic acids is 1. The summed E-state index contributed by atoms with van der Waals surface area (Å²) in [6, 6.07) is 4.32. The third-order valence-corrected chi connectivity index (χ3v) is 3.64. The SMILES string of the molecule is CCC(CC)(CN)C(=O)Nc1ccc(OC)c(F)c1. The number of rotatable bonds is 6. The molecule has 0 unspecified atom stereocenters. The van der Waals surface area contributed by atoms with Crippen molar-refractivity contribution >= 4 is 11.6 Å². The molecular weight excluding hydrogens is 247 g/mol. The maximum Gasteiger partial charge on any atom is 0.231 e. The lowest BCUT2D eigenvalue weighted by Crippen LogP contribution is -2.41. The normalized spacial score (nSPS) is 11.2. The highest BCUT2D eigenvalue weighted by atomic mass is 19.1. The summed E-state index contributed by atoms with van der Waals surface area (Å²) < 4.78 is 18.4. The van der Waals surface area contributed by atoms with Gasteiger partial charge in [0.15, 0.2) is 11.6 Å². The molecule has 0 fully saturated rings. The van der Waals surface area contributed by atoms with E-state index in [0.29, 0.717) is 18.5 Å². The van der Waals surface area contributed by atoms with E-state index in [1.54, 1.807) is 6.07 Å². The van der Waals surface area contributed by atoms with Crippen molar-refractivity contribution in [3.63, 3.8) is 0 Å². The van der Waals surface area contributed by atoms with E-state index < -0.39 is 11.2 Å². The quantitative estimate of drug-likeness (QED) is 0.833. The van der Waals surface area contributed by atoms with Gasteiger partial charge < -0.3 is 15.8 Å². The smallest absolute Gasteiger partial charge is 0.231 e. The predicted molar refractivity (Wildman–Crippen MR) is 73.7 cm³/mol. The topological polar surface area (TPSA) is 64.4 Å². The van der Waals surface area contributed by atoms with Crippen LogP contribution >= 0.6 is 0 Å². The number of nitrogens with one attached hydrogen (secondary N) is 1. The molecule has 0 aliphatic heterocycles. The van der Waals surface area contributed by atoms with E-state index in [4.69, 9.17) is 10.5 Å². The Hall–Kier alpha value is -1.62. The van der Waals surface area contributed by atoms with Gasteiger partial charge in [-0.15, -0.1) is 0 Å². The number of amides is 1. The first-order chi connectivity index (χ1) is 9.02. The molecule has 3 N–H and O–H groups in total. The van der Waals surface area contributed by atoms with Crippen LogP contribution in [0.4, 0.5) is 10.1 Å². The summed E-state index contributed by atoms with van der Waals surface area (Å²) in [5, 5.41) is 2.71. The van der Waals surface area contributed by atoms with E-state index in [9.17, 15) is 9.18 Å². The highest BCUT2D eigenvalue weighted by Crippen LogP contribution is 2.28. The summed E-state index contributed by atoms with van der Waals surface area (Å²) in [4.78, 5) is 12.2. The van der Waals surface area contributed by atoms with Crippen molar-refractivity contribution in [3.8, 4) is 5.75 Å². The first kappa shape index (κ1) is 15.4. The minimum absolute atomic E-state index is 0.147. The summed E-state index contributed by atoms with van der Waals surface area (Å²) in [5.41, 5.74) is 5.51. The lowest BCUT2D eigenvalue weighted by Gasteiger charge is -2.28. The van der Waals surface area contributed by atoms with Crippen molar-refractivity contribution in [1.82, 2.24) is 0 Å². The number of hydrogen-bond acceptors (Lipinski definition) is 3. The summed E-state index contributed by atoms with van der Waals surface area (Å²) in [7, 11) is 1.39. The fourth-order valence-corrected chi connectivity index (χ4v) is 1.96. The van der Waals surface area contributed by atoms with Crippen LogP contribution < -0.4 is 15.8 Å². The highest BCUT2D eigenvalue weighted by Gasteiger charge is 2.33. The maximum absolute atomic E-state index is 13.5. The van der Waals surface area contributed by atoms with Gasteiger partial charge in [-0.25, -0.2) is 4.39 Å². The molecule has 1 amide bonds. The zero-order valence-electron chi connectivity index (χ0n) is 11.6. The van der Waals surface area contributed by atoms with Gasteiger partial charge in [-0.3, -0.25) is 4.79 Å². The number of methoxy groups -OCH3 is 1. The Kier molecular flexibility index (Phi) is 5.30. The van der Waals surface area contributed by atoms with Crippen LogP contribution in [0.3, 0.4) is 0 Å². The molecule has 19 heavy (non-hydrogen) atoms. The lowest BCUT2D eigenvalue weighted by molar-refractivity contribution is -0.125. The van der Waals surface area contributed by atoms with Crippen molar-refractivity contribution in [2.24, 2.45) is 11.1 Å². The van der Waals surface area contributed by atoms with Gasteiger partial charge in [0.25, 0.3) is 0 Å². The van der Waals surface area contributed by atoms with Crippen LogP contribution in [0, 0.1) is 11.2 Å². The summed E-state index contributed by atoms with van der Waals surface area (Å²) in [5.74, 6) is -0.537. The van der Waals surface area contributed by atoms with E-state index in [-0.39, 0.29) is 18.2 Å². The molecule has 0 radical (unpaired) electrons. The molecule has 0 heterocycles. The van der Waals surface area contributed by atoms with Gasteiger partial charge in [0.05, 0.1) is 12.5 Å². The molecule has 1 aromatic rings. The molecule has 0 spiro atoms. The minimum Gasteiger partial charge on any atom is -0.494 e. The fourth-order valence-electron chi connectivity index (χ4n) is 1.96. The molecule has 4 nitrogen and oxygen atoms in total. The Morgan fingerprint density at radius 2 is 2.05 bits per heavy atom. The van der Waals surface area contributed by atoms with Crippen molar-refractivity contribution in [3.05, 3.63) is 24.0 Å². The summed E-state index contributed by atoms with van der Waals surface area (Å²) in [6.07, 6.45) is 1.29. The molecule has 0 aliphatic carbocycles. The average molecular weight is 268 g/mol. The van der Waals surface area contributed by atoms with Gasteiger partial charge in [-0.2, -0.15) is 0 Å². The van der Waals surface area contributed by atoms with Gasteiger partial charge in [-0.05, 0) is 25.0 Å². The van der Waals surface area contributed by atoms with Crippen LogP contribution in [0.25, 0.3) is 0 Å². The second-order valence-electron chi connectivity index (χ2n) is 4.50. The third kappa shape index (κ3) is 3.23. The summed E-state index contributed by atoms with van der Waals surface area (Å²) >= 11 is 0. The summed E-state index contributed by atoms with van der Waals surface area (Å²) in [6.45, 7) is 4.11. The number of carbonyl (C=O) groups is 1. The second-order valence-corrected chi connectivity index (χ2v) is 4.50. The second kappa shape index (κ2) is 6.52. The van der Waals surface area contributed by atoms with E-state index in [2.05, 4.69) is 5.32 Å². The molecule has 0 saturated carbocycles. The minimum atomic E-state index is -0.601. The maximum atomic E-state index is 13.5. The predicted octanol–water partition coefficient (Wildman–Crippen LogP) is 2.54. The zero-order valence-corrected chi connectivity index (χ0v) is 11.6. The standard InChI is InChI=1S/C14H21FN2O2/c1-4-14(5-2,9-16)13(18)17-10-6-7-12(19-3)11(15)8-10/h6-8H,4-5,9,16H2,1-3H3,(H,17,18). The van der Waals surface area contributed by atoms with E-state index in [0.717, 1.165) is 0 Å². The Morgan fingerprint density at radius 1 is 1.42 bits per heavy atom. The Labute approximate surface area is 113 Å². The number of benzene rings is 1. The molecular formula is C14H21FN2O2. The van der Waals surface area contributed by atoms with Gasteiger partial charge in [0.1, 0.15) is 0 Å². The van der Waals surface area contributed by atoms with E-state index in [1.807, 2.05) is 13.8 Å². The molecule has 5 heteroatoms. The molecule has 0 atom stereocenters. The first-order valence-electron chi connectivity index (χ1n) is 6.38. The van der Waals surface area contributed by atoms with Crippen molar-refractivity contribution < 1.29 is 13.9 Å². The van der Waals surface area contributed by atoms with Gasteiger partial charge in [-0.1, -0.05) is 13.8 Å². The number of anilines is 1. The van der Waals surface area contributed by atoms with E-state index in [1.165, 1.54) is 19.2 Å². The monoisotopic (exact) mass is 268 g/mol. The van der Waals surface area contributed by atoms with Gasteiger partial charge in [0.2, 0.25) is 5.91 Å². The first-order valence-corrected chi connectivity index (χ1v) is 6.38.